The molecule has 1 aliphatic rings. The van der Waals surface area contributed by atoms with Crippen molar-refractivity contribution in [3.05, 3.63) is 107 Å². The van der Waals surface area contributed by atoms with Crippen LogP contribution in [0.15, 0.2) is 84.9 Å². The van der Waals surface area contributed by atoms with Gasteiger partial charge in [-0.25, -0.2) is 0 Å². The average Bonchev–Trinajstić information content (AvgIpc) is 3.39. The lowest BCUT2D eigenvalue weighted by Crippen LogP contribution is -2.21. The number of benzene rings is 3. The number of hydrogen-bond donors (Lipinski definition) is 2. The van der Waals surface area contributed by atoms with Crippen molar-refractivity contribution in [2.75, 3.05) is 0 Å². The summed E-state index contributed by atoms with van der Waals surface area (Å²) in [5, 5.41) is 1.99. The van der Waals surface area contributed by atoms with Crippen LogP contribution >= 0.6 is 0 Å². The van der Waals surface area contributed by atoms with E-state index in [1.165, 1.54) is 0 Å². The number of aromatic nitrogens is 2. The number of hydrogen-bond acceptors (Lipinski definition) is 2. The van der Waals surface area contributed by atoms with Gasteiger partial charge in [-0.1, -0.05) is 60.7 Å². The second kappa shape index (κ2) is 6.16. The first-order valence-corrected chi connectivity index (χ1v) is 9.79. The Hall–Kier alpha value is -4.18. The highest BCUT2D eigenvalue weighted by atomic mass is 16.1. The molecule has 1 aliphatic carbocycles. The van der Waals surface area contributed by atoms with E-state index in [0.29, 0.717) is 33.7 Å². The molecule has 0 atom stereocenters. The summed E-state index contributed by atoms with van der Waals surface area (Å²) in [6, 6.07) is 26.6. The fourth-order valence-corrected chi connectivity index (χ4v) is 4.31. The molecule has 3 aromatic carbocycles. The van der Waals surface area contributed by atoms with Crippen molar-refractivity contribution in [2.45, 2.75) is 0 Å². The Balaban J connectivity index is 1.69. The van der Waals surface area contributed by atoms with Crippen molar-refractivity contribution in [1.82, 2.24) is 9.97 Å². The zero-order valence-corrected chi connectivity index (χ0v) is 15.9. The Bertz CT molecular complexity index is 1350. The van der Waals surface area contributed by atoms with Crippen LogP contribution in [0.3, 0.4) is 0 Å². The molecule has 6 rings (SSSR count). The van der Waals surface area contributed by atoms with Crippen molar-refractivity contribution in [3.8, 4) is 0 Å². The molecule has 2 N–H and O–H groups in total. The van der Waals surface area contributed by atoms with Gasteiger partial charge in [-0.2, -0.15) is 0 Å². The van der Waals surface area contributed by atoms with Gasteiger partial charge in [0.2, 0.25) is 0 Å². The quantitative estimate of drug-likeness (QED) is 0.411. The normalized spacial score (nSPS) is 14.0. The molecule has 0 saturated heterocycles. The van der Waals surface area contributed by atoms with Gasteiger partial charge in [0.1, 0.15) is 0 Å². The maximum absolute atomic E-state index is 13.6. The molecule has 0 spiro atoms. The standard InChI is InChI=1S/C26H16N2O2/c29-25-17-9-3-4-10-18(17)26(30)24(22-14-16-8-2-6-12-20(16)28-22)23(25)21-13-15-7-1-5-11-19(15)27-21/h1-14,27-28H. The monoisotopic (exact) mass is 388 g/mol. The lowest BCUT2D eigenvalue weighted by molar-refractivity contribution is 0.101. The topological polar surface area (TPSA) is 65.7 Å². The number of fused-ring (bicyclic) bond motifs is 3. The minimum Gasteiger partial charge on any atom is -0.354 e. The Morgan fingerprint density at radius 3 is 1.33 bits per heavy atom. The molecule has 0 unspecified atom stereocenters. The molecule has 0 bridgehead atoms. The number of nitrogens with one attached hydrogen (secondary N) is 2. The summed E-state index contributed by atoms with van der Waals surface area (Å²) in [5.41, 5.74) is 4.84. The maximum Gasteiger partial charge on any atom is 0.196 e. The van der Waals surface area contributed by atoms with Gasteiger partial charge in [-0.15, -0.1) is 0 Å². The number of allylic oxidation sites excluding steroid dienone is 2. The second-order valence-electron chi connectivity index (χ2n) is 7.49. The molecule has 30 heavy (non-hydrogen) atoms. The summed E-state index contributed by atoms with van der Waals surface area (Å²) in [6.45, 7) is 0. The first-order chi connectivity index (χ1) is 14.7. The van der Waals surface area contributed by atoms with Gasteiger partial charge in [0.25, 0.3) is 0 Å². The van der Waals surface area contributed by atoms with E-state index < -0.39 is 0 Å². The largest absolute Gasteiger partial charge is 0.354 e. The molecule has 0 aliphatic heterocycles. The van der Waals surface area contributed by atoms with E-state index in [2.05, 4.69) is 9.97 Å². The van der Waals surface area contributed by atoms with Gasteiger partial charge < -0.3 is 9.97 Å². The predicted molar refractivity (Wildman–Crippen MR) is 119 cm³/mol. The molecule has 2 heterocycles. The van der Waals surface area contributed by atoms with E-state index >= 15 is 0 Å². The fourth-order valence-electron chi connectivity index (χ4n) is 4.31. The molecular formula is C26H16N2O2. The lowest BCUT2D eigenvalue weighted by Gasteiger charge is -2.20. The Kier molecular flexibility index (Phi) is 3.44. The lowest BCUT2D eigenvalue weighted by atomic mass is 9.81. The van der Waals surface area contributed by atoms with Crippen molar-refractivity contribution in [2.24, 2.45) is 0 Å². The highest BCUT2D eigenvalue weighted by Gasteiger charge is 2.34. The summed E-state index contributed by atoms with van der Waals surface area (Å²) in [7, 11) is 0. The van der Waals surface area contributed by atoms with Crippen LogP contribution in [0, 0.1) is 0 Å². The number of Topliss-reactive ketones (excluding diaryl/α,β-unsaturated/α-hetero) is 2. The summed E-state index contributed by atoms with van der Waals surface area (Å²) in [5.74, 6) is -0.296. The van der Waals surface area contributed by atoms with Crippen molar-refractivity contribution in [3.63, 3.8) is 0 Å². The number of H-pyrrole nitrogens is 2. The van der Waals surface area contributed by atoms with Crippen LogP contribution in [0.2, 0.25) is 0 Å². The SMILES string of the molecule is O=C1C(c2cc3ccccc3[nH]2)=C(c2cc3ccccc3[nH]2)C(=O)c2ccccc21. The molecule has 4 heteroatoms. The number of carbonyl (C=O) groups excluding carboxylic acids is 2. The number of rotatable bonds is 2. The number of para-hydroxylation sites is 2. The van der Waals surface area contributed by atoms with Crippen LogP contribution in [0.5, 0.6) is 0 Å². The first-order valence-electron chi connectivity index (χ1n) is 9.79. The predicted octanol–water partition coefficient (Wildman–Crippen LogP) is 5.64. The van der Waals surface area contributed by atoms with Gasteiger partial charge in [-0.3, -0.25) is 9.59 Å². The highest BCUT2D eigenvalue weighted by molar-refractivity contribution is 6.51. The highest BCUT2D eigenvalue weighted by Crippen LogP contribution is 2.38. The number of ketones is 2. The Labute approximate surface area is 171 Å². The Morgan fingerprint density at radius 2 is 0.900 bits per heavy atom. The van der Waals surface area contributed by atoms with E-state index in [1.807, 2.05) is 60.7 Å². The summed E-state index contributed by atoms with van der Waals surface area (Å²) < 4.78 is 0. The second-order valence-corrected chi connectivity index (χ2v) is 7.49. The van der Waals surface area contributed by atoms with Crippen LogP contribution in [0.4, 0.5) is 0 Å². The third kappa shape index (κ3) is 2.34. The molecule has 0 radical (unpaired) electrons. The van der Waals surface area contributed by atoms with Crippen LogP contribution in [0.1, 0.15) is 32.1 Å². The van der Waals surface area contributed by atoms with E-state index in [1.54, 1.807) is 24.3 Å². The third-order valence-corrected chi connectivity index (χ3v) is 5.72. The van der Waals surface area contributed by atoms with Crippen LogP contribution in [-0.2, 0) is 0 Å². The van der Waals surface area contributed by atoms with E-state index in [0.717, 1.165) is 21.8 Å². The maximum atomic E-state index is 13.6. The molecule has 2 aromatic heterocycles. The zero-order valence-electron chi connectivity index (χ0n) is 15.9. The van der Waals surface area contributed by atoms with Crippen LogP contribution in [0.25, 0.3) is 33.0 Å². The molecule has 0 saturated carbocycles. The van der Waals surface area contributed by atoms with Gasteiger partial charge in [0, 0.05) is 32.9 Å². The summed E-state index contributed by atoms with van der Waals surface area (Å²) in [4.78, 5) is 33.9. The van der Waals surface area contributed by atoms with Gasteiger partial charge >= 0.3 is 0 Å². The smallest absolute Gasteiger partial charge is 0.196 e. The molecule has 142 valence electrons. The van der Waals surface area contributed by atoms with E-state index in [4.69, 9.17) is 0 Å². The Morgan fingerprint density at radius 1 is 0.500 bits per heavy atom. The summed E-state index contributed by atoms with van der Waals surface area (Å²) in [6.07, 6.45) is 0. The minimum atomic E-state index is -0.148. The van der Waals surface area contributed by atoms with E-state index in [-0.39, 0.29) is 11.6 Å². The van der Waals surface area contributed by atoms with Crippen LogP contribution in [-0.4, -0.2) is 21.5 Å². The average molecular weight is 388 g/mol. The van der Waals surface area contributed by atoms with Crippen LogP contribution < -0.4 is 0 Å². The zero-order chi connectivity index (χ0) is 20.2. The van der Waals surface area contributed by atoms with Crippen molar-refractivity contribution < 1.29 is 9.59 Å². The molecule has 4 nitrogen and oxygen atoms in total. The molecular weight excluding hydrogens is 372 g/mol. The molecule has 0 amide bonds. The van der Waals surface area contributed by atoms with Crippen molar-refractivity contribution >= 4 is 44.5 Å². The first kappa shape index (κ1) is 16.7. The van der Waals surface area contributed by atoms with Gasteiger partial charge in [0.05, 0.1) is 22.5 Å². The number of aromatic amines is 2. The fraction of sp³-hybridized carbons (Fsp3) is 0. The minimum absolute atomic E-state index is 0.148. The molecule has 5 aromatic rings. The number of carbonyl (C=O) groups is 2. The summed E-state index contributed by atoms with van der Waals surface area (Å²) >= 11 is 0. The van der Waals surface area contributed by atoms with E-state index in [9.17, 15) is 9.59 Å². The van der Waals surface area contributed by atoms with Gasteiger partial charge in [-0.05, 0) is 24.3 Å². The molecule has 0 fully saturated rings. The van der Waals surface area contributed by atoms with Gasteiger partial charge in [0.15, 0.2) is 11.6 Å². The third-order valence-electron chi connectivity index (χ3n) is 5.72. The van der Waals surface area contributed by atoms with Crippen molar-refractivity contribution in [1.29, 1.82) is 0 Å².